The van der Waals surface area contributed by atoms with Crippen molar-refractivity contribution in [1.29, 1.82) is 0 Å². The fourth-order valence-corrected chi connectivity index (χ4v) is 7.41. The molecule has 0 aliphatic heterocycles. The molecule has 56 heavy (non-hydrogen) atoms. The molecule has 0 unspecified atom stereocenters. The first-order chi connectivity index (χ1) is 26.4. The number of fused-ring (bicyclic) bond motifs is 2. The summed E-state index contributed by atoms with van der Waals surface area (Å²) < 4.78 is 76.9. The molecular formula is C38H38ClF2N7O7S. The average Bonchev–Trinajstić information content (AvgIpc) is 3.45. The van der Waals surface area contributed by atoms with Gasteiger partial charge in [0.05, 0.1) is 53.0 Å². The minimum absolute atomic E-state index is 0.0482. The molecular weight excluding hydrogens is 772 g/mol. The van der Waals surface area contributed by atoms with E-state index in [-0.39, 0.29) is 74.3 Å². The summed E-state index contributed by atoms with van der Waals surface area (Å²) in [6.45, 7) is 4.96. The molecule has 0 radical (unpaired) electrons. The number of amides is 1. The van der Waals surface area contributed by atoms with E-state index < -0.39 is 45.0 Å². The number of benzene rings is 3. The number of nitrogens with zero attached hydrogens (tertiary/aromatic N) is 5. The van der Waals surface area contributed by atoms with Gasteiger partial charge in [0.15, 0.2) is 11.5 Å². The van der Waals surface area contributed by atoms with Crippen LogP contribution in [0.1, 0.15) is 43.8 Å². The van der Waals surface area contributed by atoms with E-state index in [0.29, 0.717) is 11.8 Å². The molecule has 0 spiro atoms. The van der Waals surface area contributed by atoms with Gasteiger partial charge in [-0.05, 0) is 80.8 Å². The zero-order chi connectivity index (χ0) is 40.5. The second kappa shape index (κ2) is 15.7. The SMILES string of the molecule is COc1ccc(CCS(=O)(=O)Nc2nn(C)c3c(-n4c([C@H](Cc5cc(F)cc(F)c5)NC(=O)OC(C)(C)C)nc5nc(OC)ccc5c4=O)ccc(Cl)c23)cc1. The van der Waals surface area contributed by atoms with Crippen LogP contribution in [-0.4, -0.2) is 64.4 Å². The molecule has 0 saturated heterocycles. The lowest BCUT2D eigenvalue weighted by Crippen LogP contribution is -2.39. The van der Waals surface area contributed by atoms with Crippen molar-refractivity contribution in [2.45, 2.75) is 45.3 Å². The Balaban J connectivity index is 1.52. The van der Waals surface area contributed by atoms with E-state index in [2.05, 4.69) is 20.1 Å². The van der Waals surface area contributed by atoms with E-state index in [9.17, 15) is 26.8 Å². The van der Waals surface area contributed by atoms with Gasteiger partial charge in [0, 0.05) is 25.6 Å². The molecule has 3 heterocycles. The van der Waals surface area contributed by atoms with E-state index in [0.717, 1.165) is 17.7 Å². The Morgan fingerprint density at radius 1 is 0.946 bits per heavy atom. The predicted molar refractivity (Wildman–Crippen MR) is 207 cm³/mol. The first-order valence-electron chi connectivity index (χ1n) is 17.2. The van der Waals surface area contributed by atoms with Crippen molar-refractivity contribution >= 4 is 55.5 Å². The second-order valence-corrected chi connectivity index (χ2v) is 16.0. The molecule has 0 bridgehead atoms. The third kappa shape index (κ3) is 8.84. The number of halogens is 3. The number of pyridine rings is 1. The normalized spacial score (nSPS) is 12.4. The highest BCUT2D eigenvalue weighted by Crippen LogP contribution is 2.36. The molecule has 14 nitrogen and oxygen atoms in total. The minimum atomic E-state index is -4.00. The summed E-state index contributed by atoms with van der Waals surface area (Å²) in [5.41, 5.74) is -0.424. The molecule has 2 N–H and O–H groups in total. The van der Waals surface area contributed by atoms with Gasteiger partial charge in [-0.3, -0.25) is 18.8 Å². The maximum absolute atomic E-state index is 14.7. The summed E-state index contributed by atoms with van der Waals surface area (Å²) in [5, 5.41) is 7.49. The molecule has 3 aromatic carbocycles. The lowest BCUT2D eigenvalue weighted by Gasteiger charge is -2.26. The van der Waals surface area contributed by atoms with Gasteiger partial charge in [0.2, 0.25) is 15.9 Å². The topological polar surface area (TPSA) is 169 Å². The third-order valence-corrected chi connectivity index (χ3v) is 10.1. The van der Waals surface area contributed by atoms with Crippen LogP contribution in [0.3, 0.4) is 0 Å². The lowest BCUT2D eigenvalue weighted by molar-refractivity contribution is 0.0500. The van der Waals surface area contributed by atoms with E-state index in [1.54, 1.807) is 45.0 Å². The van der Waals surface area contributed by atoms with Gasteiger partial charge >= 0.3 is 6.09 Å². The average molecular weight is 810 g/mol. The van der Waals surface area contributed by atoms with Crippen LogP contribution in [0.5, 0.6) is 11.6 Å². The highest BCUT2D eigenvalue weighted by molar-refractivity contribution is 7.92. The number of methoxy groups -OCH3 is 2. The highest BCUT2D eigenvalue weighted by atomic mass is 35.5. The second-order valence-electron chi connectivity index (χ2n) is 13.8. The van der Waals surface area contributed by atoms with Crippen LogP contribution in [-0.2, 0) is 34.6 Å². The van der Waals surface area contributed by atoms with Crippen molar-refractivity contribution in [2.24, 2.45) is 7.05 Å². The zero-order valence-corrected chi connectivity index (χ0v) is 32.8. The van der Waals surface area contributed by atoms with Crippen LogP contribution in [0.15, 0.2) is 71.5 Å². The molecule has 294 valence electrons. The monoisotopic (exact) mass is 809 g/mol. The Hall–Kier alpha value is -5.81. The summed E-state index contributed by atoms with van der Waals surface area (Å²) in [6.07, 6.45) is -0.992. The Morgan fingerprint density at radius 3 is 2.29 bits per heavy atom. The molecule has 0 aliphatic carbocycles. The number of rotatable bonds is 12. The number of ether oxygens (including phenoxy) is 3. The third-order valence-electron chi connectivity index (χ3n) is 8.53. The Bertz CT molecular complexity index is 2610. The van der Waals surface area contributed by atoms with Crippen LogP contribution in [0.4, 0.5) is 19.4 Å². The fourth-order valence-electron chi connectivity index (χ4n) is 6.12. The lowest BCUT2D eigenvalue weighted by atomic mass is 10.0. The fraction of sp³-hybridized carbons (Fsp3) is 0.289. The molecule has 6 aromatic rings. The molecule has 0 saturated carbocycles. The number of alkyl carbamates (subject to hydrolysis) is 1. The first kappa shape index (κ1) is 39.9. The maximum atomic E-state index is 14.7. The summed E-state index contributed by atoms with van der Waals surface area (Å²) in [4.78, 5) is 37.1. The van der Waals surface area contributed by atoms with Gasteiger partial charge in [0.25, 0.3) is 5.56 Å². The number of carbonyl (C=O) groups excluding carboxylic acids is 1. The van der Waals surface area contributed by atoms with Gasteiger partial charge in [0.1, 0.15) is 28.8 Å². The number of sulfonamides is 1. The standard InChI is InChI=1S/C38H38ClF2N7O7S/c1-38(2,3)55-37(50)42-28(19-22-17-23(40)20-24(41)18-22)35-44-33-26(11-14-30(43-33)54-6)36(49)48(35)29-13-12-27(39)31-32(29)47(4)45-34(31)46-56(51,52)16-15-21-7-9-25(53-5)10-8-21/h7-14,17-18,20,28H,15-16,19H2,1-6H3,(H,42,50)(H,45,46)/t28-/m0/s1. The van der Waals surface area contributed by atoms with Crippen LogP contribution >= 0.6 is 11.6 Å². The summed E-state index contributed by atoms with van der Waals surface area (Å²) in [6, 6.07) is 14.5. The van der Waals surface area contributed by atoms with E-state index in [4.69, 9.17) is 30.8 Å². The number of hydrogen-bond acceptors (Lipinski definition) is 10. The molecule has 18 heteroatoms. The number of anilines is 1. The van der Waals surface area contributed by atoms with Crippen LogP contribution in [0.25, 0.3) is 27.6 Å². The van der Waals surface area contributed by atoms with Gasteiger partial charge in [-0.15, -0.1) is 0 Å². The van der Waals surface area contributed by atoms with Gasteiger partial charge in [-0.2, -0.15) is 10.1 Å². The number of hydrogen-bond donors (Lipinski definition) is 2. The Kier molecular flexibility index (Phi) is 11.2. The highest BCUT2D eigenvalue weighted by Gasteiger charge is 2.29. The Morgan fingerprint density at radius 2 is 1.64 bits per heavy atom. The number of aryl methyl sites for hydroxylation is 2. The van der Waals surface area contributed by atoms with Gasteiger partial charge in [-0.25, -0.2) is 27.0 Å². The Labute approximate surface area is 325 Å². The smallest absolute Gasteiger partial charge is 0.408 e. The number of nitrogens with one attached hydrogen (secondary N) is 2. The molecule has 6 rings (SSSR count). The molecule has 3 aromatic heterocycles. The maximum Gasteiger partial charge on any atom is 0.408 e. The molecule has 1 amide bonds. The van der Waals surface area contributed by atoms with Crippen LogP contribution in [0.2, 0.25) is 5.02 Å². The quantitative estimate of drug-likeness (QED) is 0.141. The van der Waals surface area contributed by atoms with E-state index in [1.165, 1.54) is 54.8 Å². The summed E-state index contributed by atoms with van der Waals surface area (Å²) >= 11 is 6.73. The van der Waals surface area contributed by atoms with Crippen LogP contribution in [0, 0.1) is 11.6 Å². The predicted octanol–water partition coefficient (Wildman–Crippen LogP) is 6.41. The van der Waals surface area contributed by atoms with E-state index in [1.807, 2.05) is 0 Å². The van der Waals surface area contributed by atoms with Crippen molar-refractivity contribution in [3.05, 3.63) is 111 Å². The summed E-state index contributed by atoms with van der Waals surface area (Å²) in [7, 11) is 0.465. The van der Waals surface area contributed by atoms with Crippen molar-refractivity contribution in [3.63, 3.8) is 0 Å². The van der Waals surface area contributed by atoms with Crippen molar-refractivity contribution in [3.8, 4) is 17.3 Å². The van der Waals surface area contributed by atoms with Crippen molar-refractivity contribution in [2.75, 3.05) is 24.7 Å². The van der Waals surface area contributed by atoms with Gasteiger partial charge < -0.3 is 19.5 Å². The zero-order valence-electron chi connectivity index (χ0n) is 31.2. The molecule has 1 atom stereocenters. The summed E-state index contributed by atoms with van der Waals surface area (Å²) in [5.74, 6) is -1.46. The van der Waals surface area contributed by atoms with Crippen molar-refractivity contribution < 1.29 is 36.2 Å². The first-order valence-corrected chi connectivity index (χ1v) is 19.2. The minimum Gasteiger partial charge on any atom is -0.497 e. The van der Waals surface area contributed by atoms with Crippen LogP contribution < -0.4 is 25.1 Å². The van der Waals surface area contributed by atoms with Crippen molar-refractivity contribution in [1.82, 2.24) is 29.6 Å². The molecule has 0 fully saturated rings. The molecule has 0 aliphatic rings. The van der Waals surface area contributed by atoms with E-state index >= 15 is 0 Å². The van der Waals surface area contributed by atoms with Gasteiger partial charge in [-0.1, -0.05) is 23.7 Å². The number of aromatic nitrogens is 5. The largest absolute Gasteiger partial charge is 0.497 e. The number of carbonyl (C=O) groups is 1.